The van der Waals surface area contributed by atoms with E-state index in [0.717, 1.165) is 12.0 Å². The highest BCUT2D eigenvalue weighted by atomic mass is 32.2. The van der Waals surface area contributed by atoms with Crippen LogP contribution in [0, 0.1) is 10.1 Å². The van der Waals surface area contributed by atoms with Gasteiger partial charge in [-0.25, -0.2) is 9.89 Å². The molecule has 0 amide bonds. The number of H-pyrrole nitrogens is 1. The molecule has 2 rings (SSSR count). The molecule has 0 aliphatic rings. The van der Waals surface area contributed by atoms with Crippen LogP contribution in [0.3, 0.4) is 0 Å². The Morgan fingerprint density at radius 1 is 1.52 bits per heavy atom. The molecular weight excluding hydrogens is 294 g/mol. The van der Waals surface area contributed by atoms with Crippen molar-refractivity contribution in [3.8, 4) is 0 Å². The van der Waals surface area contributed by atoms with Gasteiger partial charge in [0.05, 0.1) is 4.92 Å². The number of aromatic amines is 1. The van der Waals surface area contributed by atoms with Crippen molar-refractivity contribution in [2.45, 2.75) is 30.8 Å². The zero-order valence-corrected chi connectivity index (χ0v) is 12.2. The minimum Gasteiger partial charge on any atom is -0.393 e. The smallest absolute Gasteiger partial charge is 0.343 e. The maximum absolute atomic E-state index is 11.6. The molecule has 8 nitrogen and oxygen atoms in total. The van der Waals surface area contributed by atoms with E-state index >= 15 is 0 Å². The first kappa shape index (κ1) is 15.1. The van der Waals surface area contributed by atoms with Crippen LogP contribution in [-0.2, 0) is 12.3 Å². The molecule has 112 valence electrons. The van der Waals surface area contributed by atoms with E-state index in [1.165, 1.54) is 23.9 Å². The second kappa shape index (κ2) is 6.44. The minimum atomic E-state index is -0.509. The lowest BCUT2D eigenvalue weighted by Gasteiger charge is -2.04. The van der Waals surface area contributed by atoms with Crippen molar-refractivity contribution in [2.75, 3.05) is 5.73 Å². The highest BCUT2D eigenvalue weighted by molar-refractivity contribution is 7.98. The van der Waals surface area contributed by atoms with Gasteiger partial charge in [0.25, 0.3) is 5.69 Å². The lowest BCUT2D eigenvalue weighted by Crippen LogP contribution is -2.17. The number of aromatic nitrogens is 3. The van der Waals surface area contributed by atoms with Crippen LogP contribution in [0.25, 0.3) is 0 Å². The highest BCUT2D eigenvalue weighted by Gasteiger charge is 2.13. The molecule has 0 aliphatic carbocycles. The third-order valence-electron chi connectivity index (χ3n) is 2.83. The van der Waals surface area contributed by atoms with Gasteiger partial charge in [-0.05, 0) is 18.1 Å². The second-order valence-corrected chi connectivity index (χ2v) is 5.34. The molecule has 0 saturated carbocycles. The van der Waals surface area contributed by atoms with Gasteiger partial charge < -0.3 is 5.73 Å². The molecule has 0 bridgehead atoms. The Hall–Kier alpha value is -2.29. The Balaban J connectivity index is 2.15. The van der Waals surface area contributed by atoms with E-state index in [9.17, 15) is 14.9 Å². The number of anilines is 1. The summed E-state index contributed by atoms with van der Waals surface area (Å²) in [5, 5.41) is 17.8. The Morgan fingerprint density at radius 2 is 2.29 bits per heavy atom. The summed E-state index contributed by atoms with van der Waals surface area (Å²) >= 11 is 1.34. The summed E-state index contributed by atoms with van der Waals surface area (Å²) in [5.74, 6) is 0.467. The Kier molecular flexibility index (Phi) is 4.63. The van der Waals surface area contributed by atoms with Crippen LogP contribution in [0.2, 0.25) is 0 Å². The van der Waals surface area contributed by atoms with Crippen LogP contribution in [0.5, 0.6) is 0 Å². The number of hydrogen-bond acceptors (Lipinski definition) is 6. The second-order valence-electron chi connectivity index (χ2n) is 4.40. The number of nitrogens with two attached hydrogens (primary N) is 1. The maximum atomic E-state index is 11.6. The summed E-state index contributed by atoms with van der Waals surface area (Å²) in [6.45, 7) is 2.55. The number of nitrogen functional groups attached to an aromatic ring is 1. The Bertz CT molecular complexity index is 709. The van der Waals surface area contributed by atoms with Crippen molar-refractivity contribution < 1.29 is 4.92 Å². The molecule has 2 aromatic rings. The van der Waals surface area contributed by atoms with Gasteiger partial charge in [0.15, 0.2) is 5.16 Å². The normalized spacial score (nSPS) is 10.7. The van der Waals surface area contributed by atoms with Gasteiger partial charge in [-0.2, -0.15) is 0 Å². The number of thioether (sulfide) groups is 1. The molecular formula is C12H15N5O3S. The number of nitrogens with zero attached hydrogens (tertiary/aromatic N) is 3. The predicted octanol–water partition coefficient (Wildman–Crippen LogP) is 1.76. The van der Waals surface area contributed by atoms with Crippen LogP contribution in [-0.4, -0.2) is 19.7 Å². The molecule has 9 heteroatoms. The first-order valence-electron chi connectivity index (χ1n) is 6.33. The standard InChI is InChI=1S/C12H15N5O3S/c1-2-5-16-11(18)14-15-12(16)21-7-8-3-4-9(13)10(6-8)17(19)20/h3-4,6H,2,5,7,13H2,1H3,(H,14,18). The molecule has 1 aromatic carbocycles. The lowest BCUT2D eigenvalue weighted by molar-refractivity contribution is -0.383. The summed E-state index contributed by atoms with van der Waals surface area (Å²) in [5.41, 5.74) is 6.08. The molecule has 0 atom stereocenters. The van der Waals surface area contributed by atoms with Crippen molar-refractivity contribution in [3.63, 3.8) is 0 Å². The Labute approximate surface area is 124 Å². The summed E-state index contributed by atoms with van der Waals surface area (Å²) < 4.78 is 1.55. The van der Waals surface area contributed by atoms with Gasteiger partial charge >= 0.3 is 5.69 Å². The summed E-state index contributed by atoms with van der Waals surface area (Å²) in [4.78, 5) is 21.9. The first-order chi connectivity index (χ1) is 10.0. The van der Waals surface area contributed by atoms with Crippen molar-refractivity contribution in [1.29, 1.82) is 0 Å². The number of nitro benzene ring substituents is 1. The molecule has 0 radical (unpaired) electrons. The summed E-state index contributed by atoms with van der Waals surface area (Å²) in [6, 6.07) is 4.68. The van der Waals surface area contributed by atoms with Crippen molar-refractivity contribution >= 4 is 23.1 Å². The van der Waals surface area contributed by atoms with E-state index in [0.29, 0.717) is 17.5 Å². The first-order valence-corrected chi connectivity index (χ1v) is 7.32. The van der Waals surface area contributed by atoms with E-state index < -0.39 is 4.92 Å². The van der Waals surface area contributed by atoms with Crippen LogP contribution >= 0.6 is 11.8 Å². The SMILES string of the molecule is CCCn1c(SCc2ccc(N)c([N+](=O)[O-])c2)n[nH]c1=O. The highest BCUT2D eigenvalue weighted by Crippen LogP contribution is 2.26. The monoisotopic (exact) mass is 309 g/mol. The van der Waals surface area contributed by atoms with Crippen LogP contribution in [0.15, 0.2) is 28.2 Å². The van der Waals surface area contributed by atoms with E-state index in [4.69, 9.17) is 5.73 Å². The van der Waals surface area contributed by atoms with Gasteiger partial charge in [0.2, 0.25) is 0 Å². The molecule has 0 saturated heterocycles. The van der Waals surface area contributed by atoms with Crippen LogP contribution < -0.4 is 11.4 Å². The molecule has 21 heavy (non-hydrogen) atoms. The topological polar surface area (TPSA) is 120 Å². The minimum absolute atomic E-state index is 0.110. The number of rotatable bonds is 6. The third kappa shape index (κ3) is 3.43. The lowest BCUT2D eigenvalue weighted by atomic mass is 10.2. The van der Waals surface area contributed by atoms with Crippen molar-refractivity contribution in [1.82, 2.24) is 14.8 Å². The summed E-state index contributed by atoms with van der Waals surface area (Å²) in [7, 11) is 0. The van der Waals surface area contributed by atoms with Gasteiger partial charge in [0, 0.05) is 18.4 Å². The van der Waals surface area contributed by atoms with E-state index in [1.54, 1.807) is 10.6 Å². The molecule has 3 N–H and O–H groups in total. The number of benzene rings is 1. The molecule has 0 fully saturated rings. The predicted molar refractivity (Wildman–Crippen MR) is 80.2 cm³/mol. The van der Waals surface area contributed by atoms with E-state index in [2.05, 4.69) is 10.2 Å². The zero-order valence-electron chi connectivity index (χ0n) is 11.4. The molecule has 1 aromatic heterocycles. The van der Waals surface area contributed by atoms with Crippen molar-refractivity contribution in [2.24, 2.45) is 0 Å². The fourth-order valence-electron chi connectivity index (χ4n) is 1.82. The molecule has 1 heterocycles. The third-order valence-corrected chi connectivity index (χ3v) is 3.88. The van der Waals surface area contributed by atoms with Crippen molar-refractivity contribution in [3.05, 3.63) is 44.4 Å². The van der Waals surface area contributed by atoms with Gasteiger partial charge in [-0.1, -0.05) is 24.8 Å². The van der Waals surface area contributed by atoms with Crippen LogP contribution in [0.1, 0.15) is 18.9 Å². The van der Waals surface area contributed by atoms with Gasteiger partial charge in [-0.3, -0.25) is 14.7 Å². The fraction of sp³-hybridized carbons (Fsp3) is 0.333. The average Bonchev–Trinajstić information content (AvgIpc) is 2.79. The maximum Gasteiger partial charge on any atom is 0.343 e. The molecule has 0 aliphatic heterocycles. The van der Waals surface area contributed by atoms with Gasteiger partial charge in [0.1, 0.15) is 5.69 Å². The van der Waals surface area contributed by atoms with E-state index in [-0.39, 0.29) is 17.1 Å². The van der Waals surface area contributed by atoms with E-state index in [1.807, 2.05) is 6.92 Å². The number of hydrogen-bond donors (Lipinski definition) is 2. The molecule has 0 unspecified atom stereocenters. The summed E-state index contributed by atoms with van der Waals surface area (Å²) in [6.07, 6.45) is 0.820. The Morgan fingerprint density at radius 3 is 2.95 bits per heavy atom. The van der Waals surface area contributed by atoms with Crippen LogP contribution in [0.4, 0.5) is 11.4 Å². The fourth-order valence-corrected chi connectivity index (χ4v) is 2.73. The largest absolute Gasteiger partial charge is 0.393 e. The number of nitrogens with one attached hydrogen (secondary N) is 1. The number of nitro groups is 1. The quantitative estimate of drug-likeness (QED) is 0.363. The zero-order chi connectivity index (χ0) is 15.4. The van der Waals surface area contributed by atoms with Gasteiger partial charge in [-0.15, -0.1) is 5.10 Å². The molecule has 0 spiro atoms. The average molecular weight is 309 g/mol.